The number of benzene rings is 2. The van der Waals surface area contributed by atoms with Gasteiger partial charge in [-0.1, -0.05) is 60.7 Å². The summed E-state index contributed by atoms with van der Waals surface area (Å²) in [5.41, 5.74) is 2.83. The highest BCUT2D eigenvalue weighted by molar-refractivity contribution is 5.99. The van der Waals surface area contributed by atoms with Crippen molar-refractivity contribution in [3.63, 3.8) is 0 Å². The fourth-order valence-electron chi connectivity index (χ4n) is 1.93. The van der Waals surface area contributed by atoms with Crippen LogP contribution in [0.1, 0.15) is 11.1 Å². The first kappa shape index (κ1) is 14.0. The lowest BCUT2D eigenvalue weighted by molar-refractivity contribution is -0.116. The monoisotopic (exact) mass is 267 g/mol. The maximum Gasteiger partial charge on any atom is 0.244 e. The molecule has 0 saturated carbocycles. The van der Waals surface area contributed by atoms with E-state index in [-0.39, 0.29) is 19.1 Å². The minimum Gasteiger partial charge on any atom is -0.395 e. The molecule has 0 unspecified atom stereocenters. The summed E-state index contributed by atoms with van der Waals surface area (Å²) in [6.07, 6.45) is 1.57. The van der Waals surface area contributed by atoms with Crippen LogP contribution in [0.2, 0.25) is 0 Å². The van der Waals surface area contributed by atoms with E-state index >= 15 is 0 Å². The maximum absolute atomic E-state index is 11.9. The molecule has 2 aromatic carbocycles. The van der Waals surface area contributed by atoms with E-state index in [0.717, 1.165) is 16.7 Å². The number of amides is 1. The van der Waals surface area contributed by atoms with E-state index in [0.29, 0.717) is 0 Å². The molecular weight excluding hydrogens is 250 g/mol. The normalized spacial score (nSPS) is 9.85. The Morgan fingerprint density at radius 3 is 1.90 bits per heavy atom. The van der Waals surface area contributed by atoms with Crippen molar-refractivity contribution in [2.24, 2.45) is 0 Å². The average molecular weight is 267 g/mol. The molecule has 2 N–H and O–H groups in total. The summed E-state index contributed by atoms with van der Waals surface area (Å²) < 4.78 is 0. The van der Waals surface area contributed by atoms with Gasteiger partial charge in [-0.05, 0) is 16.7 Å². The highest BCUT2D eigenvalue weighted by Crippen LogP contribution is 2.22. The summed E-state index contributed by atoms with van der Waals surface area (Å²) in [4.78, 5) is 11.9. The molecule has 20 heavy (non-hydrogen) atoms. The SMILES string of the molecule is O=C(C=C(c1ccccc1)c1ccccc1)NCCO. The van der Waals surface area contributed by atoms with E-state index in [1.165, 1.54) is 0 Å². The zero-order valence-electron chi connectivity index (χ0n) is 11.1. The van der Waals surface area contributed by atoms with Crippen molar-refractivity contribution in [3.8, 4) is 0 Å². The van der Waals surface area contributed by atoms with Crippen LogP contribution in [0.5, 0.6) is 0 Å². The van der Waals surface area contributed by atoms with E-state index in [1.54, 1.807) is 6.08 Å². The van der Waals surface area contributed by atoms with E-state index in [4.69, 9.17) is 5.11 Å². The van der Waals surface area contributed by atoms with Crippen molar-refractivity contribution in [2.75, 3.05) is 13.2 Å². The Morgan fingerprint density at radius 2 is 1.45 bits per heavy atom. The van der Waals surface area contributed by atoms with Crippen molar-refractivity contribution in [2.45, 2.75) is 0 Å². The molecule has 0 radical (unpaired) electrons. The van der Waals surface area contributed by atoms with Crippen molar-refractivity contribution in [3.05, 3.63) is 77.9 Å². The Labute approximate surface area is 118 Å². The fourth-order valence-corrected chi connectivity index (χ4v) is 1.93. The number of hydrogen-bond donors (Lipinski definition) is 2. The first-order valence-electron chi connectivity index (χ1n) is 6.52. The maximum atomic E-state index is 11.9. The predicted octanol–water partition coefficient (Wildman–Crippen LogP) is 2.23. The first-order valence-corrected chi connectivity index (χ1v) is 6.52. The minimum absolute atomic E-state index is 0.0639. The van der Waals surface area contributed by atoms with Gasteiger partial charge in [-0.2, -0.15) is 0 Å². The Bertz CT molecular complexity index is 535. The molecular formula is C17H17NO2. The third-order valence-electron chi connectivity index (χ3n) is 2.86. The molecule has 0 spiro atoms. The molecule has 0 aliphatic rings. The third-order valence-corrected chi connectivity index (χ3v) is 2.86. The smallest absolute Gasteiger partial charge is 0.244 e. The van der Waals surface area contributed by atoms with Gasteiger partial charge in [-0.3, -0.25) is 4.79 Å². The average Bonchev–Trinajstić information content (AvgIpc) is 2.52. The summed E-state index contributed by atoms with van der Waals surface area (Å²) in [5.74, 6) is -0.207. The molecule has 0 fully saturated rings. The molecule has 0 atom stereocenters. The Hall–Kier alpha value is -2.39. The largest absolute Gasteiger partial charge is 0.395 e. The molecule has 0 heterocycles. The molecule has 0 aromatic heterocycles. The molecule has 3 nitrogen and oxygen atoms in total. The van der Waals surface area contributed by atoms with Gasteiger partial charge in [0.05, 0.1) is 6.61 Å². The first-order chi connectivity index (χ1) is 9.81. The lowest BCUT2D eigenvalue weighted by atomic mass is 9.97. The summed E-state index contributed by atoms with van der Waals surface area (Å²) in [5, 5.41) is 11.4. The fraction of sp³-hybridized carbons (Fsp3) is 0.118. The Kier molecular flexibility index (Phi) is 5.09. The standard InChI is InChI=1S/C17H17NO2/c19-12-11-18-17(20)13-16(14-7-3-1-4-8-14)15-9-5-2-6-10-15/h1-10,13,19H,11-12H2,(H,18,20). The van der Waals surface area contributed by atoms with Crippen LogP contribution < -0.4 is 5.32 Å². The molecule has 0 aliphatic heterocycles. The lowest BCUT2D eigenvalue weighted by Crippen LogP contribution is -2.24. The third kappa shape index (κ3) is 3.80. The van der Waals surface area contributed by atoms with Crippen LogP contribution in [-0.4, -0.2) is 24.2 Å². The van der Waals surface area contributed by atoms with Gasteiger partial charge in [0.2, 0.25) is 5.91 Å². The van der Waals surface area contributed by atoms with E-state index in [2.05, 4.69) is 5.32 Å². The zero-order valence-corrected chi connectivity index (χ0v) is 11.1. The topological polar surface area (TPSA) is 49.3 Å². The lowest BCUT2D eigenvalue weighted by Gasteiger charge is -2.08. The second-order valence-corrected chi connectivity index (χ2v) is 4.30. The Morgan fingerprint density at radius 1 is 0.950 bits per heavy atom. The van der Waals surface area contributed by atoms with Crippen LogP contribution in [0.15, 0.2) is 66.7 Å². The number of aliphatic hydroxyl groups excluding tert-OH is 1. The van der Waals surface area contributed by atoms with Crippen molar-refractivity contribution >= 4 is 11.5 Å². The highest BCUT2D eigenvalue weighted by atomic mass is 16.3. The van der Waals surface area contributed by atoms with Gasteiger partial charge in [0.25, 0.3) is 0 Å². The van der Waals surface area contributed by atoms with Crippen LogP contribution in [0.3, 0.4) is 0 Å². The molecule has 3 heteroatoms. The van der Waals surface area contributed by atoms with E-state index < -0.39 is 0 Å². The molecule has 1 amide bonds. The van der Waals surface area contributed by atoms with Crippen molar-refractivity contribution in [1.82, 2.24) is 5.32 Å². The van der Waals surface area contributed by atoms with Gasteiger partial charge < -0.3 is 10.4 Å². The van der Waals surface area contributed by atoms with Crippen molar-refractivity contribution in [1.29, 1.82) is 0 Å². The predicted molar refractivity (Wildman–Crippen MR) is 80.1 cm³/mol. The van der Waals surface area contributed by atoms with Gasteiger partial charge in [-0.15, -0.1) is 0 Å². The van der Waals surface area contributed by atoms with E-state index in [1.807, 2.05) is 60.7 Å². The molecule has 2 rings (SSSR count). The molecule has 2 aromatic rings. The highest BCUT2D eigenvalue weighted by Gasteiger charge is 2.06. The number of aliphatic hydroxyl groups is 1. The number of nitrogens with one attached hydrogen (secondary N) is 1. The van der Waals surface area contributed by atoms with Crippen LogP contribution >= 0.6 is 0 Å². The van der Waals surface area contributed by atoms with Crippen LogP contribution in [0, 0.1) is 0 Å². The van der Waals surface area contributed by atoms with Crippen LogP contribution in [0.25, 0.3) is 5.57 Å². The van der Waals surface area contributed by atoms with Crippen LogP contribution in [-0.2, 0) is 4.79 Å². The van der Waals surface area contributed by atoms with E-state index in [9.17, 15) is 4.79 Å². The van der Waals surface area contributed by atoms with Crippen molar-refractivity contribution < 1.29 is 9.90 Å². The van der Waals surface area contributed by atoms with Gasteiger partial charge in [-0.25, -0.2) is 0 Å². The number of carbonyl (C=O) groups is 1. The summed E-state index contributed by atoms with van der Waals surface area (Å²) in [7, 11) is 0. The van der Waals surface area contributed by atoms with Gasteiger partial charge >= 0.3 is 0 Å². The quantitative estimate of drug-likeness (QED) is 0.816. The van der Waals surface area contributed by atoms with Gasteiger partial charge in [0.15, 0.2) is 0 Å². The molecule has 102 valence electrons. The minimum atomic E-state index is -0.207. The molecule has 0 aliphatic carbocycles. The number of carbonyl (C=O) groups excluding carboxylic acids is 1. The summed E-state index contributed by atoms with van der Waals surface area (Å²) in [6, 6.07) is 19.5. The zero-order chi connectivity index (χ0) is 14.2. The second kappa shape index (κ2) is 7.26. The number of rotatable bonds is 5. The second-order valence-electron chi connectivity index (χ2n) is 4.30. The van der Waals surface area contributed by atoms with Gasteiger partial charge in [0, 0.05) is 12.6 Å². The summed E-state index contributed by atoms with van der Waals surface area (Å²) >= 11 is 0. The number of hydrogen-bond acceptors (Lipinski definition) is 2. The Balaban J connectivity index is 2.35. The molecule has 0 bridgehead atoms. The molecule has 0 saturated heterocycles. The summed E-state index contributed by atoms with van der Waals surface area (Å²) in [6.45, 7) is 0.192. The van der Waals surface area contributed by atoms with Gasteiger partial charge in [0.1, 0.15) is 0 Å². The van der Waals surface area contributed by atoms with Crippen LogP contribution in [0.4, 0.5) is 0 Å².